The van der Waals surface area contributed by atoms with E-state index >= 15 is 0 Å². The van der Waals surface area contributed by atoms with Gasteiger partial charge >= 0.3 is 0 Å². The van der Waals surface area contributed by atoms with Crippen molar-refractivity contribution in [3.8, 4) is 0 Å². The van der Waals surface area contributed by atoms with Crippen molar-refractivity contribution in [3.05, 3.63) is 6.42 Å². The summed E-state index contributed by atoms with van der Waals surface area (Å²) in [5.41, 5.74) is 0. The van der Waals surface area contributed by atoms with Gasteiger partial charge < -0.3 is 0 Å². The molecule has 0 N–H and O–H groups in total. The summed E-state index contributed by atoms with van der Waals surface area (Å²) in [6, 6.07) is 0. The van der Waals surface area contributed by atoms with Crippen molar-refractivity contribution in [1.29, 1.82) is 0 Å². The molecule has 0 heteroatoms. The van der Waals surface area contributed by atoms with Gasteiger partial charge in [0.1, 0.15) is 0 Å². The zero-order chi connectivity index (χ0) is 10.8. The molecule has 0 amide bonds. The molecular formula is C16H27. The number of rotatable bonds is 1. The zero-order valence-corrected chi connectivity index (χ0v) is 10.7. The van der Waals surface area contributed by atoms with Crippen LogP contribution in [-0.2, 0) is 0 Å². The molecule has 3 aliphatic carbocycles. The molecule has 0 saturated heterocycles. The van der Waals surface area contributed by atoms with Crippen LogP contribution in [0.4, 0.5) is 0 Å². The lowest BCUT2D eigenvalue weighted by atomic mass is 9.63. The largest absolute Gasteiger partial charge is 0.0530 e. The average molecular weight is 219 g/mol. The molecule has 0 aromatic heterocycles. The predicted octanol–water partition coefficient (Wildman–Crippen LogP) is 4.99. The van der Waals surface area contributed by atoms with Gasteiger partial charge in [0, 0.05) is 0 Å². The third kappa shape index (κ3) is 2.31. The van der Waals surface area contributed by atoms with Crippen molar-refractivity contribution in [2.75, 3.05) is 0 Å². The van der Waals surface area contributed by atoms with Gasteiger partial charge in [-0.15, -0.1) is 0 Å². The highest BCUT2D eigenvalue weighted by molar-refractivity contribution is 4.88. The van der Waals surface area contributed by atoms with Gasteiger partial charge in [-0.2, -0.15) is 0 Å². The summed E-state index contributed by atoms with van der Waals surface area (Å²) >= 11 is 0. The second-order valence-corrected chi connectivity index (χ2v) is 6.58. The number of fused-ring (bicyclic) bond motifs is 1. The first kappa shape index (κ1) is 11.1. The lowest BCUT2D eigenvalue weighted by Crippen LogP contribution is -2.31. The molecule has 3 saturated carbocycles. The summed E-state index contributed by atoms with van der Waals surface area (Å²) < 4.78 is 0. The summed E-state index contributed by atoms with van der Waals surface area (Å²) in [5, 5.41) is 0. The molecule has 0 bridgehead atoms. The van der Waals surface area contributed by atoms with Crippen LogP contribution in [0.3, 0.4) is 0 Å². The Morgan fingerprint density at radius 1 is 0.562 bits per heavy atom. The SMILES string of the molecule is [CH]1CCC(C2CCC3CCCCC3C2)CC1. The Labute approximate surface area is 101 Å². The van der Waals surface area contributed by atoms with Crippen LogP contribution in [0.2, 0.25) is 0 Å². The molecule has 3 rings (SSSR count). The molecule has 3 atom stereocenters. The van der Waals surface area contributed by atoms with Crippen LogP contribution in [0.1, 0.15) is 70.6 Å². The Kier molecular flexibility index (Phi) is 3.54. The minimum atomic E-state index is 1.10. The fourth-order valence-corrected chi connectivity index (χ4v) is 4.76. The first-order chi connectivity index (χ1) is 7.93. The third-order valence-electron chi connectivity index (χ3n) is 5.73. The van der Waals surface area contributed by atoms with Gasteiger partial charge in [-0.05, 0) is 75.0 Å². The van der Waals surface area contributed by atoms with Gasteiger partial charge in [0.25, 0.3) is 0 Å². The maximum atomic E-state index is 2.52. The van der Waals surface area contributed by atoms with Crippen molar-refractivity contribution < 1.29 is 0 Å². The highest BCUT2D eigenvalue weighted by Gasteiger charge is 2.35. The normalized spacial score (nSPS) is 41.6. The summed E-state index contributed by atoms with van der Waals surface area (Å²) in [7, 11) is 0. The Morgan fingerprint density at radius 2 is 1.12 bits per heavy atom. The molecule has 16 heavy (non-hydrogen) atoms. The summed E-state index contributed by atoms with van der Waals surface area (Å²) in [6.07, 6.45) is 19.3. The van der Waals surface area contributed by atoms with Gasteiger partial charge in [-0.25, -0.2) is 0 Å². The van der Waals surface area contributed by atoms with Gasteiger partial charge in [-0.3, -0.25) is 0 Å². The summed E-state index contributed by atoms with van der Waals surface area (Å²) in [4.78, 5) is 0. The molecule has 0 spiro atoms. The average Bonchev–Trinajstić information content (AvgIpc) is 2.39. The zero-order valence-electron chi connectivity index (χ0n) is 10.7. The minimum absolute atomic E-state index is 1.10. The van der Waals surface area contributed by atoms with E-state index in [-0.39, 0.29) is 0 Å². The van der Waals surface area contributed by atoms with Crippen LogP contribution in [0.5, 0.6) is 0 Å². The summed E-state index contributed by atoms with van der Waals surface area (Å²) in [6.45, 7) is 0. The fourth-order valence-electron chi connectivity index (χ4n) is 4.76. The highest BCUT2D eigenvalue weighted by atomic mass is 14.4. The van der Waals surface area contributed by atoms with Crippen molar-refractivity contribution >= 4 is 0 Å². The number of hydrogen-bond donors (Lipinski definition) is 0. The maximum Gasteiger partial charge on any atom is -0.0383 e. The quantitative estimate of drug-likeness (QED) is 0.583. The molecule has 0 aliphatic heterocycles. The van der Waals surface area contributed by atoms with Crippen LogP contribution in [0.15, 0.2) is 0 Å². The lowest BCUT2D eigenvalue weighted by molar-refractivity contribution is 0.0896. The molecule has 0 nitrogen and oxygen atoms in total. The molecular weight excluding hydrogens is 192 g/mol. The standard InChI is InChI=1S/C16H27/c1-2-6-13(7-3-1)16-11-10-14-8-4-5-9-15(14)12-16/h1,13-16H,2-12H2. The molecule has 3 unspecified atom stereocenters. The Hall–Kier alpha value is 0. The molecule has 1 radical (unpaired) electrons. The van der Waals surface area contributed by atoms with Crippen LogP contribution in [-0.4, -0.2) is 0 Å². The van der Waals surface area contributed by atoms with E-state index in [9.17, 15) is 0 Å². The number of hydrogen-bond acceptors (Lipinski definition) is 0. The van der Waals surface area contributed by atoms with Crippen molar-refractivity contribution in [3.63, 3.8) is 0 Å². The van der Waals surface area contributed by atoms with E-state index in [1.165, 1.54) is 38.5 Å². The smallest absolute Gasteiger partial charge is 0.0383 e. The van der Waals surface area contributed by atoms with E-state index in [4.69, 9.17) is 0 Å². The van der Waals surface area contributed by atoms with Crippen LogP contribution < -0.4 is 0 Å². The van der Waals surface area contributed by atoms with Crippen molar-refractivity contribution in [2.24, 2.45) is 23.7 Å². The van der Waals surface area contributed by atoms with Crippen LogP contribution in [0.25, 0.3) is 0 Å². The summed E-state index contributed by atoms with van der Waals surface area (Å²) in [5.74, 6) is 4.50. The first-order valence-electron chi connectivity index (χ1n) is 7.75. The molecule has 0 heterocycles. The van der Waals surface area contributed by atoms with Gasteiger partial charge in [0.05, 0.1) is 0 Å². The van der Waals surface area contributed by atoms with E-state index in [0.717, 1.165) is 23.7 Å². The third-order valence-corrected chi connectivity index (χ3v) is 5.73. The van der Waals surface area contributed by atoms with Gasteiger partial charge in [0.15, 0.2) is 0 Å². The Balaban J connectivity index is 1.57. The van der Waals surface area contributed by atoms with Crippen molar-refractivity contribution in [2.45, 2.75) is 70.6 Å². The molecule has 0 aromatic rings. The van der Waals surface area contributed by atoms with E-state index in [2.05, 4.69) is 6.42 Å². The van der Waals surface area contributed by atoms with Crippen LogP contribution in [0, 0.1) is 30.1 Å². The monoisotopic (exact) mass is 219 g/mol. The van der Waals surface area contributed by atoms with E-state index in [1.807, 2.05) is 0 Å². The second-order valence-electron chi connectivity index (χ2n) is 6.58. The lowest BCUT2D eigenvalue weighted by Gasteiger charge is -2.42. The van der Waals surface area contributed by atoms with Gasteiger partial charge in [-0.1, -0.05) is 25.7 Å². The van der Waals surface area contributed by atoms with E-state index < -0.39 is 0 Å². The molecule has 3 aliphatic rings. The Bertz CT molecular complexity index is 211. The van der Waals surface area contributed by atoms with Crippen LogP contribution >= 0.6 is 0 Å². The molecule has 3 fully saturated rings. The fraction of sp³-hybridized carbons (Fsp3) is 0.938. The molecule has 0 aromatic carbocycles. The maximum absolute atomic E-state index is 2.52. The van der Waals surface area contributed by atoms with E-state index in [1.54, 1.807) is 32.1 Å². The first-order valence-corrected chi connectivity index (χ1v) is 7.75. The van der Waals surface area contributed by atoms with Crippen molar-refractivity contribution in [1.82, 2.24) is 0 Å². The predicted molar refractivity (Wildman–Crippen MR) is 69.0 cm³/mol. The van der Waals surface area contributed by atoms with Gasteiger partial charge in [0.2, 0.25) is 0 Å². The Morgan fingerprint density at radius 3 is 1.94 bits per heavy atom. The second kappa shape index (κ2) is 5.10. The minimum Gasteiger partial charge on any atom is -0.0530 e. The topological polar surface area (TPSA) is 0 Å². The highest BCUT2D eigenvalue weighted by Crippen LogP contribution is 2.47. The molecule has 91 valence electrons. The van der Waals surface area contributed by atoms with E-state index in [0.29, 0.717) is 0 Å².